The van der Waals surface area contributed by atoms with E-state index in [9.17, 15) is 19.5 Å². The van der Waals surface area contributed by atoms with Gasteiger partial charge in [-0.05, 0) is 31.0 Å². The molecule has 7 heteroatoms. The first-order chi connectivity index (χ1) is 12.4. The van der Waals surface area contributed by atoms with Gasteiger partial charge in [0, 0.05) is 12.6 Å². The summed E-state index contributed by atoms with van der Waals surface area (Å²) in [6, 6.07) is 5.97. The topological polar surface area (TPSA) is 95.9 Å². The number of imide groups is 1. The summed E-state index contributed by atoms with van der Waals surface area (Å²) in [5.41, 5.74) is -0.480. The van der Waals surface area contributed by atoms with Crippen molar-refractivity contribution in [3.63, 3.8) is 0 Å². The van der Waals surface area contributed by atoms with Crippen LogP contribution in [-0.2, 0) is 19.1 Å². The lowest BCUT2D eigenvalue weighted by atomic mass is 9.77. The van der Waals surface area contributed by atoms with Gasteiger partial charge in [0.2, 0.25) is 11.8 Å². The summed E-state index contributed by atoms with van der Waals surface area (Å²) in [6.07, 6.45) is 1.05. The van der Waals surface area contributed by atoms with Crippen molar-refractivity contribution >= 4 is 17.8 Å². The standard InChI is InChI=1S/C19H24N2O5/c1-4-10-19(18(25)26-3)14-13(16(23)21(5-2)17(14)24)15(20-19)11-6-8-12(22)9-7-11/h6-9,13-15,20,22H,4-5,10H2,1-3H3/t13-,14+,15+,19-/m0/s1. The van der Waals surface area contributed by atoms with Crippen LogP contribution in [-0.4, -0.2) is 47.0 Å². The molecule has 3 rings (SSSR count). The van der Waals surface area contributed by atoms with Crippen molar-refractivity contribution in [2.45, 2.75) is 38.3 Å². The second kappa shape index (κ2) is 6.72. The second-order valence-electron chi connectivity index (χ2n) is 6.85. The molecule has 2 fully saturated rings. The number of fused-ring (bicyclic) bond motifs is 1. The molecular formula is C19H24N2O5. The van der Waals surface area contributed by atoms with Gasteiger partial charge < -0.3 is 9.84 Å². The van der Waals surface area contributed by atoms with Crippen molar-refractivity contribution in [2.75, 3.05) is 13.7 Å². The molecule has 1 aromatic carbocycles. The van der Waals surface area contributed by atoms with Crippen LogP contribution in [0.2, 0.25) is 0 Å². The van der Waals surface area contributed by atoms with E-state index >= 15 is 0 Å². The summed E-state index contributed by atoms with van der Waals surface area (Å²) in [5, 5.41) is 12.8. The Morgan fingerprint density at radius 2 is 1.88 bits per heavy atom. The summed E-state index contributed by atoms with van der Waals surface area (Å²) in [6.45, 7) is 3.95. The van der Waals surface area contributed by atoms with E-state index in [1.54, 1.807) is 19.1 Å². The zero-order chi connectivity index (χ0) is 19.1. The van der Waals surface area contributed by atoms with Gasteiger partial charge >= 0.3 is 5.97 Å². The minimum atomic E-state index is -1.23. The third-order valence-electron chi connectivity index (χ3n) is 5.51. The van der Waals surface area contributed by atoms with Gasteiger partial charge in [-0.3, -0.25) is 24.6 Å². The summed E-state index contributed by atoms with van der Waals surface area (Å²) in [7, 11) is 1.29. The van der Waals surface area contributed by atoms with Gasteiger partial charge in [-0.25, -0.2) is 0 Å². The van der Waals surface area contributed by atoms with Crippen molar-refractivity contribution < 1.29 is 24.2 Å². The Balaban J connectivity index is 2.13. The fourth-order valence-corrected chi connectivity index (χ4v) is 4.44. The van der Waals surface area contributed by atoms with E-state index in [1.165, 1.54) is 24.1 Å². The average molecular weight is 360 g/mol. The van der Waals surface area contributed by atoms with Crippen LogP contribution in [0.4, 0.5) is 0 Å². The minimum absolute atomic E-state index is 0.111. The van der Waals surface area contributed by atoms with E-state index in [2.05, 4.69) is 5.32 Å². The first-order valence-corrected chi connectivity index (χ1v) is 8.91. The number of hydrogen-bond acceptors (Lipinski definition) is 6. The molecule has 0 bridgehead atoms. The highest BCUT2D eigenvalue weighted by molar-refractivity contribution is 6.09. The molecule has 26 heavy (non-hydrogen) atoms. The van der Waals surface area contributed by atoms with Crippen LogP contribution in [0, 0.1) is 11.8 Å². The van der Waals surface area contributed by atoms with E-state index < -0.39 is 29.4 Å². The van der Waals surface area contributed by atoms with Gasteiger partial charge in [-0.2, -0.15) is 0 Å². The number of ether oxygens (including phenoxy) is 1. The zero-order valence-corrected chi connectivity index (χ0v) is 15.2. The zero-order valence-electron chi connectivity index (χ0n) is 15.2. The lowest BCUT2D eigenvalue weighted by molar-refractivity contribution is -0.154. The third kappa shape index (κ3) is 2.49. The maximum Gasteiger partial charge on any atom is 0.326 e. The van der Waals surface area contributed by atoms with E-state index in [1.807, 2.05) is 6.92 Å². The molecule has 2 aliphatic heterocycles. The summed E-state index contributed by atoms with van der Waals surface area (Å²) in [5.74, 6) is -2.46. The number of likely N-dealkylation sites (tertiary alicyclic amines) is 1. The fraction of sp³-hybridized carbons (Fsp3) is 0.526. The summed E-state index contributed by atoms with van der Waals surface area (Å²) >= 11 is 0. The van der Waals surface area contributed by atoms with Crippen molar-refractivity contribution in [1.82, 2.24) is 10.2 Å². The Hall–Kier alpha value is -2.41. The van der Waals surface area contributed by atoms with Crippen LogP contribution >= 0.6 is 0 Å². The molecule has 0 unspecified atom stereocenters. The number of benzene rings is 1. The molecule has 7 nitrogen and oxygen atoms in total. The molecule has 2 heterocycles. The Morgan fingerprint density at radius 1 is 1.23 bits per heavy atom. The highest BCUT2D eigenvalue weighted by Gasteiger charge is 2.68. The van der Waals surface area contributed by atoms with Crippen molar-refractivity contribution in [3.05, 3.63) is 29.8 Å². The van der Waals surface area contributed by atoms with Crippen molar-refractivity contribution in [3.8, 4) is 5.75 Å². The van der Waals surface area contributed by atoms with Gasteiger partial charge in [-0.15, -0.1) is 0 Å². The average Bonchev–Trinajstić information content (AvgIpc) is 3.10. The number of hydrogen-bond donors (Lipinski definition) is 2. The number of amides is 2. The van der Waals surface area contributed by atoms with Gasteiger partial charge in [0.25, 0.3) is 0 Å². The largest absolute Gasteiger partial charge is 0.508 e. The fourth-order valence-electron chi connectivity index (χ4n) is 4.44. The molecule has 0 aromatic heterocycles. The van der Waals surface area contributed by atoms with Crippen LogP contribution < -0.4 is 5.32 Å². The molecular weight excluding hydrogens is 336 g/mol. The molecule has 2 amide bonds. The van der Waals surface area contributed by atoms with Gasteiger partial charge in [0.05, 0.1) is 18.9 Å². The smallest absolute Gasteiger partial charge is 0.326 e. The van der Waals surface area contributed by atoms with E-state index in [4.69, 9.17) is 4.74 Å². The second-order valence-corrected chi connectivity index (χ2v) is 6.85. The molecule has 4 atom stereocenters. The van der Waals surface area contributed by atoms with Crippen molar-refractivity contribution in [2.24, 2.45) is 11.8 Å². The number of carbonyl (C=O) groups is 3. The monoisotopic (exact) mass is 360 g/mol. The van der Waals surface area contributed by atoms with Gasteiger partial charge in [0.1, 0.15) is 11.3 Å². The maximum atomic E-state index is 13.0. The molecule has 0 saturated carbocycles. The Morgan fingerprint density at radius 3 is 2.42 bits per heavy atom. The number of esters is 1. The van der Waals surface area contributed by atoms with Gasteiger partial charge in [-0.1, -0.05) is 25.5 Å². The van der Waals surface area contributed by atoms with Crippen LogP contribution in [0.5, 0.6) is 5.75 Å². The van der Waals surface area contributed by atoms with Crippen LogP contribution in [0.1, 0.15) is 38.3 Å². The number of aromatic hydroxyl groups is 1. The third-order valence-corrected chi connectivity index (χ3v) is 5.51. The van der Waals surface area contributed by atoms with Gasteiger partial charge in [0.15, 0.2) is 0 Å². The number of phenolic OH excluding ortho intramolecular Hbond substituents is 1. The molecule has 0 spiro atoms. The number of nitrogens with zero attached hydrogens (tertiary/aromatic N) is 1. The lowest BCUT2D eigenvalue weighted by Crippen LogP contribution is -2.56. The molecule has 0 radical (unpaired) electrons. The SMILES string of the molecule is CCC[C@]1(C(=O)OC)N[C@H](c2ccc(O)cc2)[C@H]2C(=O)N(CC)C(=O)[C@@H]21. The number of rotatable bonds is 5. The molecule has 0 aliphatic carbocycles. The Labute approximate surface area is 152 Å². The molecule has 2 N–H and O–H groups in total. The van der Waals surface area contributed by atoms with Crippen LogP contribution in [0.15, 0.2) is 24.3 Å². The number of phenols is 1. The lowest BCUT2D eigenvalue weighted by Gasteiger charge is -2.32. The normalized spacial score (nSPS) is 30.6. The van der Waals surface area contributed by atoms with E-state index in [0.717, 1.165) is 5.56 Å². The minimum Gasteiger partial charge on any atom is -0.508 e. The summed E-state index contributed by atoms with van der Waals surface area (Å²) < 4.78 is 5.03. The predicted molar refractivity (Wildman–Crippen MR) is 93.0 cm³/mol. The number of methoxy groups -OCH3 is 1. The van der Waals surface area contributed by atoms with Crippen LogP contribution in [0.25, 0.3) is 0 Å². The van der Waals surface area contributed by atoms with Crippen LogP contribution in [0.3, 0.4) is 0 Å². The van der Waals surface area contributed by atoms with Crippen molar-refractivity contribution in [1.29, 1.82) is 0 Å². The molecule has 140 valence electrons. The van der Waals surface area contributed by atoms with E-state index in [0.29, 0.717) is 12.8 Å². The highest BCUT2D eigenvalue weighted by atomic mass is 16.5. The Kier molecular flexibility index (Phi) is 4.75. The first-order valence-electron chi connectivity index (χ1n) is 8.91. The molecule has 1 aromatic rings. The quantitative estimate of drug-likeness (QED) is 0.608. The maximum absolute atomic E-state index is 13.0. The summed E-state index contributed by atoms with van der Waals surface area (Å²) in [4.78, 5) is 39.9. The van der Waals surface area contributed by atoms with E-state index in [-0.39, 0.29) is 24.1 Å². The Bertz CT molecular complexity index is 732. The number of nitrogens with one attached hydrogen (secondary N) is 1. The predicted octanol–water partition coefficient (Wildman–Crippen LogP) is 1.37. The first kappa shape index (κ1) is 18.4. The molecule has 2 aliphatic rings. The highest BCUT2D eigenvalue weighted by Crippen LogP contribution is 2.50. The molecule has 2 saturated heterocycles. The number of carbonyl (C=O) groups excluding carboxylic acids is 3.